The van der Waals surface area contributed by atoms with Gasteiger partial charge in [0, 0.05) is 24.0 Å². The zero-order valence-corrected chi connectivity index (χ0v) is 20.1. The number of nitrogens with one attached hydrogen (secondary N) is 1. The zero-order valence-electron chi connectivity index (χ0n) is 17.8. The fourth-order valence-electron chi connectivity index (χ4n) is 4.24. The second-order valence-corrected chi connectivity index (χ2v) is 8.94. The molecule has 0 aliphatic carbocycles. The van der Waals surface area contributed by atoms with Crippen LogP contribution < -0.4 is 10.4 Å². The number of amides is 1. The molecular weight excluding hydrogens is 471 g/mol. The van der Waals surface area contributed by atoms with E-state index in [-0.39, 0.29) is 36.0 Å². The molecule has 0 radical (unpaired) electrons. The van der Waals surface area contributed by atoms with Crippen LogP contribution in [-0.4, -0.2) is 34.8 Å². The number of carbonyl (C=O) groups excluding carboxylic acids is 1. The van der Waals surface area contributed by atoms with Gasteiger partial charge in [-0.3, -0.25) is 15.2 Å². The molecule has 0 aromatic heterocycles. The summed E-state index contributed by atoms with van der Waals surface area (Å²) in [6.45, 7) is 3.69. The number of carbonyl (C=O) groups is 1. The fraction of sp³-hybridized carbons (Fsp3) is 0.391. The van der Waals surface area contributed by atoms with Crippen LogP contribution in [0.3, 0.4) is 0 Å². The molecule has 1 fully saturated rings. The second-order valence-electron chi connectivity index (χ2n) is 8.09. The van der Waals surface area contributed by atoms with Gasteiger partial charge in [0.15, 0.2) is 0 Å². The average molecular weight is 498 g/mol. The van der Waals surface area contributed by atoms with E-state index in [0.717, 1.165) is 31.5 Å². The Morgan fingerprint density at radius 1 is 1.06 bits per heavy atom. The maximum absolute atomic E-state index is 13.2. The molecule has 1 saturated heterocycles. The van der Waals surface area contributed by atoms with E-state index in [0.29, 0.717) is 21.4 Å². The molecule has 172 valence electrons. The van der Waals surface area contributed by atoms with Crippen molar-refractivity contribution in [3.63, 3.8) is 0 Å². The lowest BCUT2D eigenvalue weighted by molar-refractivity contribution is -0.119. The van der Waals surface area contributed by atoms with Gasteiger partial charge in [-0.15, -0.1) is 12.4 Å². The van der Waals surface area contributed by atoms with Crippen molar-refractivity contribution < 1.29 is 9.90 Å². The molecule has 0 bridgehead atoms. The van der Waals surface area contributed by atoms with Gasteiger partial charge in [-0.05, 0) is 48.7 Å². The molecule has 9 heteroatoms. The van der Waals surface area contributed by atoms with E-state index >= 15 is 0 Å². The van der Waals surface area contributed by atoms with Gasteiger partial charge in [0.1, 0.15) is 11.5 Å². The largest absolute Gasteiger partial charge is 0.508 e. The van der Waals surface area contributed by atoms with Crippen molar-refractivity contribution >= 4 is 52.9 Å². The first-order valence-corrected chi connectivity index (χ1v) is 11.4. The average Bonchev–Trinajstić information content (AvgIpc) is 2.89. The van der Waals surface area contributed by atoms with Gasteiger partial charge in [-0.1, -0.05) is 55.1 Å². The third-order valence-electron chi connectivity index (χ3n) is 5.87. The van der Waals surface area contributed by atoms with Crippen LogP contribution in [0.2, 0.25) is 10.0 Å². The number of halogens is 3. The van der Waals surface area contributed by atoms with Crippen LogP contribution in [0.5, 0.6) is 5.75 Å². The lowest BCUT2D eigenvalue weighted by Gasteiger charge is -2.27. The Kier molecular flexibility index (Phi) is 8.28. The quantitative estimate of drug-likeness (QED) is 0.578. The molecule has 2 aliphatic rings. The molecule has 2 N–H and O–H groups in total. The van der Waals surface area contributed by atoms with E-state index in [1.54, 1.807) is 29.3 Å². The number of anilines is 1. The standard InChI is InChI=1S/C23H26Cl2N4O2.ClH/c1-15-21(23(31)27-28-12-4-2-3-5-13-28)26-29(20-11-8-17(24)14-19(20)25)22(15)16-6-9-18(30)10-7-16;/h6-11,14-15,22,30H,2-5,12-13H2,1H3,(H,27,31);1H/t15-,22-;/m0./s1. The minimum absolute atomic E-state index is 0. The van der Waals surface area contributed by atoms with Crippen LogP contribution in [-0.2, 0) is 4.79 Å². The summed E-state index contributed by atoms with van der Waals surface area (Å²) in [7, 11) is 0. The molecule has 0 saturated carbocycles. The summed E-state index contributed by atoms with van der Waals surface area (Å²) in [6.07, 6.45) is 4.53. The van der Waals surface area contributed by atoms with Crippen molar-refractivity contribution in [1.29, 1.82) is 0 Å². The Morgan fingerprint density at radius 3 is 2.34 bits per heavy atom. The van der Waals surface area contributed by atoms with Crippen molar-refractivity contribution in [1.82, 2.24) is 10.4 Å². The SMILES string of the molecule is C[C@H]1C(C(=O)NN2CCCCCC2)=NN(c2ccc(Cl)cc2Cl)[C@@H]1c1ccc(O)cc1.Cl. The van der Waals surface area contributed by atoms with E-state index in [4.69, 9.17) is 28.3 Å². The number of hydrogen-bond donors (Lipinski definition) is 2. The molecule has 2 aromatic carbocycles. The normalized spacial score (nSPS) is 21.5. The van der Waals surface area contributed by atoms with Gasteiger partial charge < -0.3 is 5.11 Å². The Labute approximate surface area is 204 Å². The molecule has 32 heavy (non-hydrogen) atoms. The van der Waals surface area contributed by atoms with Crippen LogP contribution in [0.4, 0.5) is 5.69 Å². The lowest BCUT2D eigenvalue weighted by Crippen LogP contribution is -2.46. The number of rotatable bonds is 4. The maximum Gasteiger partial charge on any atom is 0.282 e. The topological polar surface area (TPSA) is 68.2 Å². The molecule has 4 rings (SSSR count). The summed E-state index contributed by atoms with van der Waals surface area (Å²) in [4.78, 5) is 13.2. The summed E-state index contributed by atoms with van der Waals surface area (Å²) in [5, 5.41) is 19.2. The van der Waals surface area contributed by atoms with Gasteiger partial charge in [0.25, 0.3) is 5.91 Å². The summed E-state index contributed by atoms with van der Waals surface area (Å²) in [6, 6.07) is 12.0. The van der Waals surface area contributed by atoms with Gasteiger partial charge >= 0.3 is 0 Å². The predicted octanol–water partition coefficient (Wildman–Crippen LogP) is 5.58. The highest BCUT2D eigenvalue weighted by Crippen LogP contribution is 2.42. The number of aromatic hydroxyl groups is 1. The number of hydrazone groups is 1. The number of phenolic OH excluding ortho intramolecular Hbond substituents is 1. The lowest BCUT2D eigenvalue weighted by atomic mass is 9.91. The fourth-order valence-corrected chi connectivity index (χ4v) is 4.73. The van der Waals surface area contributed by atoms with Crippen molar-refractivity contribution in [3.05, 3.63) is 58.1 Å². The maximum atomic E-state index is 13.2. The first-order chi connectivity index (χ1) is 14.9. The number of hydrazine groups is 1. The molecule has 2 atom stereocenters. The van der Waals surface area contributed by atoms with Crippen molar-refractivity contribution in [2.24, 2.45) is 11.0 Å². The van der Waals surface area contributed by atoms with Crippen molar-refractivity contribution in [3.8, 4) is 5.75 Å². The summed E-state index contributed by atoms with van der Waals surface area (Å²) in [5.74, 6) is -0.195. The molecule has 0 spiro atoms. The van der Waals surface area contributed by atoms with Crippen molar-refractivity contribution in [2.45, 2.75) is 38.6 Å². The molecule has 2 aromatic rings. The highest BCUT2D eigenvalue weighted by molar-refractivity contribution is 6.41. The number of nitrogens with zero attached hydrogens (tertiary/aromatic N) is 3. The zero-order chi connectivity index (χ0) is 22.0. The molecule has 2 aliphatic heterocycles. The molecule has 6 nitrogen and oxygen atoms in total. The van der Waals surface area contributed by atoms with Crippen LogP contribution in [0.1, 0.15) is 44.2 Å². The Hall–Kier alpha value is -1.99. The van der Waals surface area contributed by atoms with E-state index in [1.807, 2.05) is 30.1 Å². The predicted molar refractivity (Wildman–Crippen MR) is 132 cm³/mol. The number of hydrogen-bond acceptors (Lipinski definition) is 5. The Morgan fingerprint density at radius 2 is 1.72 bits per heavy atom. The first-order valence-electron chi connectivity index (χ1n) is 10.6. The van der Waals surface area contributed by atoms with Gasteiger partial charge in [-0.2, -0.15) is 5.10 Å². The highest BCUT2D eigenvalue weighted by atomic mass is 35.5. The third kappa shape index (κ3) is 5.31. The number of benzene rings is 2. The second kappa shape index (κ2) is 10.8. The van der Waals surface area contributed by atoms with Gasteiger partial charge in [0.2, 0.25) is 0 Å². The minimum atomic E-state index is -0.246. The van der Waals surface area contributed by atoms with Gasteiger partial charge in [-0.25, -0.2) is 5.01 Å². The van der Waals surface area contributed by atoms with E-state index in [1.165, 1.54) is 12.8 Å². The molecular formula is C23H27Cl3N4O2. The monoisotopic (exact) mass is 496 g/mol. The van der Waals surface area contributed by atoms with Crippen molar-refractivity contribution in [2.75, 3.05) is 18.1 Å². The first kappa shape index (κ1) is 24.6. The van der Waals surface area contributed by atoms with Crippen LogP contribution in [0, 0.1) is 5.92 Å². The summed E-state index contributed by atoms with van der Waals surface area (Å²) >= 11 is 12.6. The van der Waals surface area contributed by atoms with E-state index in [9.17, 15) is 9.90 Å². The Balaban J connectivity index is 0.00000289. The molecule has 2 heterocycles. The van der Waals surface area contributed by atoms with Crippen LogP contribution in [0.25, 0.3) is 0 Å². The van der Waals surface area contributed by atoms with Crippen LogP contribution >= 0.6 is 35.6 Å². The molecule has 1 amide bonds. The molecule has 0 unspecified atom stereocenters. The third-order valence-corrected chi connectivity index (χ3v) is 6.41. The van der Waals surface area contributed by atoms with E-state index in [2.05, 4.69) is 5.43 Å². The van der Waals surface area contributed by atoms with Crippen LogP contribution in [0.15, 0.2) is 47.6 Å². The van der Waals surface area contributed by atoms with Gasteiger partial charge in [0.05, 0.1) is 16.8 Å². The smallest absolute Gasteiger partial charge is 0.282 e. The summed E-state index contributed by atoms with van der Waals surface area (Å²) in [5.41, 5.74) is 5.11. The number of phenols is 1. The summed E-state index contributed by atoms with van der Waals surface area (Å²) < 4.78 is 0. The minimum Gasteiger partial charge on any atom is -0.508 e. The highest BCUT2D eigenvalue weighted by Gasteiger charge is 2.40. The Bertz CT molecular complexity index is 976. The van der Waals surface area contributed by atoms with E-state index < -0.39 is 0 Å².